The second kappa shape index (κ2) is 11.0. The van der Waals surface area contributed by atoms with Gasteiger partial charge < -0.3 is 20.7 Å². The van der Waals surface area contributed by atoms with Gasteiger partial charge in [0, 0.05) is 42.2 Å². The Bertz CT molecular complexity index is 762. The van der Waals surface area contributed by atoms with E-state index in [0.717, 1.165) is 0 Å². The van der Waals surface area contributed by atoms with E-state index >= 15 is 0 Å². The van der Waals surface area contributed by atoms with Crippen LogP contribution in [0.25, 0.3) is 0 Å². The van der Waals surface area contributed by atoms with E-state index < -0.39 is 0 Å². The van der Waals surface area contributed by atoms with Crippen LogP contribution in [0.15, 0.2) is 41.1 Å². The summed E-state index contributed by atoms with van der Waals surface area (Å²) in [6.07, 6.45) is 0.822. The molecular formula is C19H23N3O4S. The van der Waals surface area contributed by atoms with Crippen LogP contribution in [-0.4, -0.2) is 37.4 Å². The van der Waals surface area contributed by atoms with E-state index in [1.807, 2.05) is 12.3 Å². The number of nitrogens with one attached hydrogen (secondary N) is 3. The van der Waals surface area contributed by atoms with Gasteiger partial charge in [0.1, 0.15) is 5.75 Å². The molecule has 0 radical (unpaired) electrons. The first-order chi connectivity index (χ1) is 13.1. The number of carbonyl (C=O) groups excluding carboxylic acids is 3. The van der Waals surface area contributed by atoms with Crippen LogP contribution in [0.5, 0.6) is 5.75 Å². The molecule has 0 aliphatic carbocycles. The van der Waals surface area contributed by atoms with Crippen LogP contribution in [0, 0.1) is 0 Å². The molecule has 8 heteroatoms. The molecule has 0 aliphatic rings. The summed E-state index contributed by atoms with van der Waals surface area (Å²) >= 11 is 1.46. The third-order valence-corrected chi connectivity index (χ3v) is 4.19. The molecule has 7 nitrogen and oxygen atoms in total. The van der Waals surface area contributed by atoms with Crippen molar-refractivity contribution in [1.82, 2.24) is 10.6 Å². The lowest BCUT2D eigenvalue weighted by Crippen LogP contribution is -2.28. The van der Waals surface area contributed by atoms with Crippen LogP contribution in [0.3, 0.4) is 0 Å². The Hall–Kier alpha value is -2.87. The maximum absolute atomic E-state index is 12.0. The van der Waals surface area contributed by atoms with E-state index in [4.69, 9.17) is 4.74 Å². The number of ether oxygens (including phenoxy) is 1. The number of hydrogen-bond acceptors (Lipinski definition) is 5. The first kappa shape index (κ1) is 20.4. The Labute approximate surface area is 162 Å². The van der Waals surface area contributed by atoms with Crippen molar-refractivity contribution in [3.8, 4) is 5.75 Å². The summed E-state index contributed by atoms with van der Waals surface area (Å²) in [5.41, 5.74) is 1.23. The molecule has 0 saturated heterocycles. The molecule has 2 rings (SSSR count). The highest BCUT2D eigenvalue weighted by Gasteiger charge is 2.07. The average molecular weight is 389 g/mol. The van der Waals surface area contributed by atoms with Crippen molar-refractivity contribution < 1.29 is 19.1 Å². The molecule has 0 unspecified atom stereocenters. The minimum absolute atomic E-state index is 0.0743. The normalized spacial score (nSPS) is 10.1. The van der Waals surface area contributed by atoms with Crippen LogP contribution in [-0.2, 0) is 9.59 Å². The Kier molecular flexibility index (Phi) is 8.31. The van der Waals surface area contributed by atoms with Gasteiger partial charge >= 0.3 is 0 Å². The molecule has 0 fully saturated rings. The molecule has 144 valence electrons. The fourth-order valence-corrected chi connectivity index (χ4v) is 2.87. The molecule has 0 aliphatic heterocycles. The minimum atomic E-state index is -0.198. The maximum Gasteiger partial charge on any atom is 0.257 e. The van der Waals surface area contributed by atoms with E-state index in [9.17, 15) is 14.4 Å². The molecule has 2 aromatic rings. The van der Waals surface area contributed by atoms with E-state index in [1.54, 1.807) is 35.7 Å². The first-order valence-electron chi connectivity index (χ1n) is 8.68. The Morgan fingerprint density at radius 3 is 2.70 bits per heavy atom. The van der Waals surface area contributed by atoms with Crippen molar-refractivity contribution in [3.63, 3.8) is 0 Å². The van der Waals surface area contributed by atoms with Gasteiger partial charge in [-0.15, -0.1) is 0 Å². The number of thiophene rings is 1. The molecule has 0 bridgehead atoms. The quantitative estimate of drug-likeness (QED) is 0.544. The summed E-state index contributed by atoms with van der Waals surface area (Å²) < 4.78 is 5.39. The molecule has 0 spiro atoms. The van der Waals surface area contributed by atoms with E-state index in [1.165, 1.54) is 11.3 Å². The lowest BCUT2D eigenvalue weighted by Gasteiger charge is -2.09. The topological polar surface area (TPSA) is 96.5 Å². The smallest absolute Gasteiger partial charge is 0.257 e. The third-order valence-electron chi connectivity index (χ3n) is 3.51. The molecule has 27 heavy (non-hydrogen) atoms. The van der Waals surface area contributed by atoms with Gasteiger partial charge in [0.05, 0.1) is 0 Å². The predicted molar refractivity (Wildman–Crippen MR) is 105 cm³/mol. The molecule has 1 aromatic heterocycles. The van der Waals surface area contributed by atoms with Crippen LogP contribution < -0.4 is 20.7 Å². The molecular weight excluding hydrogens is 366 g/mol. The van der Waals surface area contributed by atoms with Gasteiger partial charge in [0.15, 0.2) is 6.61 Å². The van der Waals surface area contributed by atoms with Crippen molar-refractivity contribution in [1.29, 1.82) is 0 Å². The third kappa shape index (κ3) is 7.49. The highest BCUT2D eigenvalue weighted by molar-refractivity contribution is 7.08. The summed E-state index contributed by atoms with van der Waals surface area (Å²) in [6.45, 7) is 2.74. The van der Waals surface area contributed by atoms with Gasteiger partial charge in [-0.3, -0.25) is 14.4 Å². The number of carbonyl (C=O) groups is 3. The van der Waals surface area contributed by atoms with Gasteiger partial charge in [0.25, 0.3) is 11.8 Å². The first-order valence-corrected chi connectivity index (χ1v) is 9.62. The van der Waals surface area contributed by atoms with Gasteiger partial charge in [0.2, 0.25) is 5.91 Å². The van der Waals surface area contributed by atoms with Gasteiger partial charge in [-0.05, 0) is 36.9 Å². The minimum Gasteiger partial charge on any atom is -0.484 e. The van der Waals surface area contributed by atoms with E-state index in [-0.39, 0.29) is 30.7 Å². The number of anilines is 1. The van der Waals surface area contributed by atoms with Crippen molar-refractivity contribution in [3.05, 3.63) is 46.7 Å². The standard InChI is InChI=1S/C19H23N3O4S/c1-2-20-18(24)12-26-16-6-3-5-15(11-16)22-17(23)7-4-9-21-19(25)14-8-10-27-13-14/h3,5-6,8,10-11,13H,2,4,7,9,12H2,1H3,(H,20,24)(H,21,25)(H,22,23). The summed E-state index contributed by atoms with van der Waals surface area (Å²) in [7, 11) is 0. The highest BCUT2D eigenvalue weighted by Crippen LogP contribution is 2.17. The molecule has 0 saturated carbocycles. The van der Waals surface area contributed by atoms with Crippen LogP contribution >= 0.6 is 11.3 Å². The molecule has 0 atom stereocenters. The van der Waals surface area contributed by atoms with E-state index in [0.29, 0.717) is 36.5 Å². The van der Waals surface area contributed by atoms with Crippen molar-refractivity contribution in [2.45, 2.75) is 19.8 Å². The lowest BCUT2D eigenvalue weighted by molar-refractivity contribution is -0.123. The van der Waals surface area contributed by atoms with Crippen molar-refractivity contribution in [2.24, 2.45) is 0 Å². The van der Waals surface area contributed by atoms with Crippen molar-refractivity contribution >= 4 is 34.7 Å². The van der Waals surface area contributed by atoms with Crippen LogP contribution in [0.4, 0.5) is 5.69 Å². The second-order valence-corrected chi connectivity index (χ2v) is 6.47. The highest BCUT2D eigenvalue weighted by atomic mass is 32.1. The number of amides is 3. The van der Waals surface area contributed by atoms with E-state index in [2.05, 4.69) is 16.0 Å². The van der Waals surface area contributed by atoms with Gasteiger partial charge in [-0.2, -0.15) is 11.3 Å². The summed E-state index contributed by atoms with van der Waals surface area (Å²) in [6, 6.07) is 8.62. The molecule has 3 amide bonds. The molecule has 1 heterocycles. The summed E-state index contributed by atoms with van der Waals surface area (Å²) in [5.74, 6) is 0.0211. The zero-order valence-electron chi connectivity index (χ0n) is 15.1. The largest absolute Gasteiger partial charge is 0.484 e. The Morgan fingerprint density at radius 2 is 1.96 bits per heavy atom. The monoisotopic (exact) mass is 389 g/mol. The molecule has 3 N–H and O–H groups in total. The SMILES string of the molecule is CCNC(=O)COc1cccc(NC(=O)CCCNC(=O)c2ccsc2)c1. The van der Waals surface area contributed by atoms with Crippen molar-refractivity contribution in [2.75, 3.05) is 25.0 Å². The number of likely N-dealkylation sites (N-methyl/N-ethyl adjacent to an activating group) is 1. The molecule has 1 aromatic carbocycles. The number of rotatable bonds is 10. The fraction of sp³-hybridized carbons (Fsp3) is 0.316. The zero-order valence-corrected chi connectivity index (χ0v) is 15.9. The van der Waals surface area contributed by atoms with Gasteiger partial charge in [-0.25, -0.2) is 0 Å². The summed E-state index contributed by atoms with van der Waals surface area (Å²) in [5, 5.41) is 11.8. The Morgan fingerprint density at radius 1 is 1.11 bits per heavy atom. The summed E-state index contributed by atoms with van der Waals surface area (Å²) in [4.78, 5) is 35.2. The predicted octanol–water partition coefficient (Wildman–Crippen LogP) is 2.41. The van der Waals surface area contributed by atoms with Gasteiger partial charge in [-0.1, -0.05) is 6.07 Å². The average Bonchev–Trinajstić information content (AvgIpc) is 3.19. The maximum atomic E-state index is 12.0. The second-order valence-electron chi connectivity index (χ2n) is 5.69. The van der Waals surface area contributed by atoms with Crippen LogP contribution in [0.2, 0.25) is 0 Å². The number of benzene rings is 1. The lowest BCUT2D eigenvalue weighted by atomic mass is 10.2. The fourth-order valence-electron chi connectivity index (χ4n) is 2.23. The Balaban J connectivity index is 1.69. The zero-order chi connectivity index (χ0) is 19.5. The van der Waals surface area contributed by atoms with Crippen LogP contribution in [0.1, 0.15) is 30.1 Å². The number of hydrogen-bond donors (Lipinski definition) is 3.